The van der Waals surface area contributed by atoms with Crippen LogP contribution in [0.5, 0.6) is 5.75 Å². The van der Waals surface area contributed by atoms with Gasteiger partial charge in [-0.15, -0.1) is 0 Å². The standard InChI is InChI=1S/C17H20O/c1-13-11-16(12-14(2)17(13)18)10-6-9-15-7-4-3-5-8-15/h3-5,7-8,11-12,18H,6,9-10H2,1-2H3. The summed E-state index contributed by atoms with van der Waals surface area (Å²) in [5, 5.41) is 9.73. The predicted octanol–water partition coefficient (Wildman–Crippen LogP) is 4.18. The van der Waals surface area contributed by atoms with E-state index in [-0.39, 0.29) is 0 Å². The van der Waals surface area contributed by atoms with Crippen LogP contribution >= 0.6 is 0 Å². The second kappa shape index (κ2) is 5.72. The van der Waals surface area contributed by atoms with Crippen molar-refractivity contribution in [2.24, 2.45) is 0 Å². The van der Waals surface area contributed by atoms with Crippen molar-refractivity contribution in [3.63, 3.8) is 0 Å². The summed E-state index contributed by atoms with van der Waals surface area (Å²) in [5.41, 5.74) is 4.66. The van der Waals surface area contributed by atoms with E-state index >= 15 is 0 Å². The molecule has 0 amide bonds. The van der Waals surface area contributed by atoms with Crippen LogP contribution in [0.4, 0.5) is 0 Å². The summed E-state index contributed by atoms with van der Waals surface area (Å²) in [6.45, 7) is 3.92. The maximum atomic E-state index is 9.73. The third kappa shape index (κ3) is 3.13. The number of phenols is 1. The van der Waals surface area contributed by atoms with Gasteiger partial charge in [-0.25, -0.2) is 0 Å². The zero-order chi connectivity index (χ0) is 13.0. The van der Waals surface area contributed by atoms with Crippen molar-refractivity contribution >= 4 is 0 Å². The number of hydrogen-bond acceptors (Lipinski definition) is 1. The van der Waals surface area contributed by atoms with E-state index < -0.39 is 0 Å². The molecule has 0 saturated carbocycles. The van der Waals surface area contributed by atoms with E-state index in [1.807, 2.05) is 13.8 Å². The molecule has 0 bridgehead atoms. The monoisotopic (exact) mass is 240 g/mol. The van der Waals surface area contributed by atoms with Crippen LogP contribution in [-0.2, 0) is 12.8 Å². The van der Waals surface area contributed by atoms with E-state index in [2.05, 4.69) is 42.5 Å². The fourth-order valence-electron chi connectivity index (χ4n) is 2.33. The average Bonchev–Trinajstić information content (AvgIpc) is 2.37. The largest absolute Gasteiger partial charge is 0.507 e. The Kier molecular flexibility index (Phi) is 4.03. The van der Waals surface area contributed by atoms with Gasteiger partial charge in [0.2, 0.25) is 0 Å². The molecule has 0 fully saturated rings. The van der Waals surface area contributed by atoms with Crippen molar-refractivity contribution in [1.82, 2.24) is 0 Å². The van der Waals surface area contributed by atoms with Gasteiger partial charge in [0, 0.05) is 0 Å². The molecule has 2 aromatic rings. The van der Waals surface area contributed by atoms with E-state index in [4.69, 9.17) is 0 Å². The Hall–Kier alpha value is -1.76. The van der Waals surface area contributed by atoms with Gasteiger partial charge in [0.15, 0.2) is 0 Å². The van der Waals surface area contributed by atoms with Gasteiger partial charge in [0.25, 0.3) is 0 Å². The van der Waals surface area contributed by atoms with Crippen LogP contribution in [0, 0.1) is 13.8 Å². The average molecular weight is 240 g/mol. The van der Waals surface area contributed by atoms with E-state index in [9.17, 15) is 5.11 Å². The molecule has 18 heavy (non-hydrogen) atoms. The highest BCUT2D eigenvalue weighted by molar-refractivity contribution is 5.42. The second-order valence-electron chi connectivity index (χ2n) is 4.92. The molecule has 2 aromatic carbocycles. The zero-order valence-electron chi connectivity index (χ0n) is 11.1. The first-order valence-corrected chi connectivity index (χ1v) is 6.50. The Balaban J connectivity index is 1.95. The van der Waals surface area contributed by atoms with Crippen LogP contribution in [-0.4, -0.2) is 5.11 Å². The van der Waals surface area contributed by atoms with E-state index in [1.165, 1.54) is 11.1 Å². The van der Waals surface area contributed by atoms with Crippen molar-refractivity contribution in [1.29, 1.82) is 0 Å². The third-order valence-corrected chi connectivity index (χ3v) is 3.32. The lowest BCUT2D eigenvalue weighted by molar-refractivity contribution is 0.466. The van der Waals surface area contributed by atoms with E-state index in [0.29, 0.717) is 5.75 Å². The molecule has 0 aromatic heterocycles. The molecule has 1 N–H and O–H groups in total. The first kappa shape index (κ1) is 12.7. The minimum Gasteiger partial charge on any atom is -0.507 e. The molecule has 0 atom stereocenters. The lowest BCUT2D eigenvalue weighted by atomic mass is 10.00. The number of phenolic OH excluding ortho intramolecular Hbond substituents is 1. The third-order valence-electron chi connectivity index (χ3n) is 3.32. The number of aryl methyl sites for hydroxylation is 4. The highest BCUT2D eigenvalue weighted by Crippen LogP contribution is 2.23. The summed E-state index contributed by atoms with van der Waals surface area (Å²) < 4.78 is 0. The molecule has 0 aliphatic rings. The molecule has 0 saturated heterocycles. The Morgan fingerprint density at radius 1 is 0.833 bits per heavy atom. The number of benzene rings is 2. The van der Waals surface area contributed by atoms with Gasteiger partial charge in [-0.05, 0) is 55.4 Å². The summed E-state index contributed by atoms with van der Waals surface area (Å²) in [6.07, 6.45) is 3.32. The Morgan fingerprint density at radius 3 is 2.00 bits per heavy atom. The predicted molar refractivity (Wildman–Crippen MR) is 76.0 cm³/mol. The minimum absolute atomic E-state index is 0.432. The molecule has 0 heterocycles. The first-order chi connectivity index (χ1) is 8.66. The van der Waals surface area contributed by atoms with Gasteiger partial charge in [0.1, 0.15) is 5.75 Å². The summed E-state index contributed by atoms with van der Waals surface area (Å²) in [6, 6.07) is 14.8. The number of aromatic hydroxyl groups is 1. The maximum absolute atomic E-state index is 9.73. The molecule has 1 heteroatoms. The first-order valence-electron chi connectivity index (χ1n) is 6.50. The van der Waals surface area contributed by atoms with Crippen molar-refractivity contribution in [2.75, 3.05) is 0 Å². The van der Waals surface area contributed by atoms with Gasteiger partial charge in [-0.3, -0.25) is 0 Å². The van der Waals surface area contributed by atoms with Crippen LogP contribution in [0.1, 0.15) is 28.7 Å². The van der Waals surface area contributed by atoms with Crippen LogP contribution < -0.4 is 0 Å². The molecular weight excluding hydrogens is 220 g/mol. The van der Waals surface area contributed by atoms with Crippen LogP contribution in [0.25, 0.3) is 0 Å². The normalized spacial score (nSPS) is 10.6. The Labute approximate surface area is 109 Å². The second-order valence-corrected chi connectivity index (χ2v) is 4.92. The van der Waals surface area contributed by atoms with Gasteiger partial charge >= 0.3 is 0 Å². The molecule has 1 nitrogen and oxygen atoms in total. The maximum Gasteiger partial charge on any atom is 0.121 e. The SMILES string of the molecule is Cc1cc(CCCc2ccccc2)cc(C)c1O. The summed E-state index contributed by atoms with van der Waals surface area (Å²) >= 11 is 0. The summed E-state index contributed by atoms with van der Waals surface area (Å²) in [7, 11) is 0. The molecule has 0 aliphatic carbocycles. The fourth-order valence-corrected chi connectivity index (χ4v) is 2.33. The van der Waals surface area contributed by atoms with Crippen LogP contribution in [0.15, 0.2) is 42.5 Å². The highest BCUT2D eigenvalue weighted by atomic mass is 16.3. The van der Waals surface area contributed by atoms with E-state index in [0.717, 1.165) is 30.4 Å². The molecular formula is C17H20O. The molecule has 0 unspecified atom stereocenters. The Bertz CT molecular complexity index is 491. The highest BCUT2D eigenvalue weighted by Gasteiger charge is 2.03. The van der Waals surface area contributed by atoms with Gasteiger partial charge < -0.3 is 5.11 Å². The van der Waals surface area contributed by atoms with Crippen LogP contribution in [0.3, 0.4) is 0 Å². The minimum atomic E-state index is 0.432. The Morgan fingerprint density at radius 2 is 1.39 bits per heavy atom. The quantitative estimate of drug-likeness (QED) is 0.849. The lowest BCUT2D eigenvalue weighted by Crippen LogP contribution is -1.92. The van der Waals surface area contributed by atoms with Crippen molar-refractivity contribution in [3.8, 4) is 5.75 Å². The van der Waals surface area contributed by atoms with Gasteiger partial charge in [-0.2, -0.15) is 0 Å². The number of hydrogen-bond donors (Lipinski definition) is 1. The number of rotatable bonds is 4. The fraction of sp³-hybridized carbons (Fsp3) is 0.294. The van der Waals surface area contributed by atoms with Crippen molar-refractivity contribution in [3.05, 3.63) is 64.7 Å². The van der Waals surface area contributed by atoms with Gasteiger partial charge in [-0.1, -0.05) is 42.5 Å². The summed E-state index contributed by atoms with van der Waals surface area (Å²) in [4.78, 5) is 0. The van der Waals surface area contributed by atoms with E-state index in [1.54, 1.807) is 0 Å². The topological polar surface area (TPSA) is 20.2 Å². The zero-order valence-corrected chi connectivity index (χ0v) is 11.1. The molecule has 0 spiro atoms. The summed E-state index contributed by atoms with van der Waals surface area (Å²) in [5.74, 6) is 0.432. The van der Waals surface area contributed by atoms with Crippen LogP contribution in [0.2, 0.25) is 0 Å². The molecule has 94 valence electrons. The smallest absolute Gasteiger partial charge is 0.121 e. The molecule has 0 radical (unpaired) electrons. The van der Waals surface area contributed by atoms with Crippen molar-refractivity contribution in [2.45, 2.75) is 33.1 Å². The van der Waals surface area contributed by atoms with Crippen molar-refractivity contribution < 1.29 is 5.11 Å². The van der Waals surface area contributed by atoms with Gasteiger partial charge in [0.05, 0.1) is 0 Å². The lowest BCUT2D eigenvalue weighted by Gasteiger charge is -2.08. The molecule has 0 aliphatic heterocycles. The molecule has 2 rings (SSSR count).